The fourth-order valence-corrected chi connectivity index (χ4v) is 2.98. The summed E-state index contributed by atoms with van der Waals surface area (Å²) in [4.78, 5) is 4.18. The summed E-state index contributed by atoms with van der Waals surface area (Å²) in [7, 11) is 1.91. The number of thioether (sulfide) groups is 1. The zero-order chi connectivity index (χ0) is 14.3. The first kappa shape index (κ1) is 16.5. The molecule has 1 heterocycles. The highest BCUT2D eigenvalue weighted by atomic mass is 32.2. The first-order valence-electron chi connectivity index (χ1n) is 6.82. The number of rotatable bonds is 9. The Morgan fingerprint density at radius 2 is 2.21 bits per heavy atom. The van der Waals surface area contributed by atoms with Crippen LogP contribution in [-0.2, 0) is 7.05 Å². The van der Waals surface area contributed by atoms with Crippen LogP contribution in [0.1, 0.15) is 40.0 Å². The number of nitrogens with zero attached hydrogens (tertiary/aromatic N) is 3. The Morgan fingerprint density at radius 3 is 2.74 bits per heavy atom. The van der Waals surface area contributed by atoms with Crippen LogP contribution in [0.15, 0.2) is 11.5 Å². The molecule has 1 aromatic rings. The summed E-state index contributed by atoms with van der Waals surface area (Å²) in [5, 5.41) is 17.9. The van der Waals surface area contributed by atoms with Crippen molar-refractivity contribution in [2.45, 2.75) is 56.8 Å². The molecule has 1 aromatic heterocycles. The molecule has 1 atom stereocenters. The predicted octanol–water partition coefficient (Wildman–Crippen LogP) is 1.83. The van der Waals surface area contributed by atoms with Crippen molar-refractivity contribution < 1.29 is 5.11 Å². The molecule has 0 aromatic carbocycles. The monoisotopic (exact) mass is 286 g/mol. The Labute approximate surface area is 120 Å². The summed E-state index contributed by atoms with van der Waals surface area (Å²) in [6.07, 6.45) is 4.79. The summed E-state index contributed by atoms with van der Waals surface area (Å²) in [5.41, 5.74) is -0.163. The summed E-state index contributed by atoms with van der Waals surface area (Å²) in [6, 6.07) is 0.394. The molecule has 2 N–H and O–H groups in total. The molecular formula is C13H26N4OS. The number of aliphatic hydroxyl groups excluding tert-OH is 1. The lowest BCUT2D eigenvalue weighted by atomic mass is 9.95. The van der Waals surface area contributed by atoms with Crippen molar-refractivity contribution in [2.24, 2.45) is 7.05 Å². The molecule has 0 spiro atoms. The van der Waals surface area contributed by atoms with Crippen molar-refractivity contribution in [2.75, 3.05) is 12.4 Å². The predicted molar refractivity (Wildman–Crippen MR) is 79.3 cm³/mol. The third kappa shape index (κ3) is 5.93. The topological polar surface area (TPSA) is 63.0 Å². The van der Waals surface area contributed by atoms with Gasteiger partial charge in [-0.25, -0.2) is 9.67 Å². The maximum Gasteiger partial charge on any atom is 0.185 e. The molecule has 5 nitrogen and oxygen atoms in total. The average molecular weight is 286 g/mol. The minimum absolute atomic E-state index is 0.163. The van der Waals surface area contributed by atoms with Gasteiger partial charge in [-0.1, -0.05) is 32.0 Å². The maximum absolute atomic E-state index is 9.49. The van der Waals surface area contributed by atoms with E-state index < -0.39 is 0 Å². The Balaban J connectivity index is 2.20. The van der Waals surface area contributed by atoms with Gasteiger partial charge < -0.3 is 10.4 Å². The van der Waals surface area contributed by atoms with Gasteiger partial charge in [0.05, 0.1) is 6.61 Å². The summed E-state index contributed by atoms with van der Waals surface area (Å²) in [6.45, 7) is 6.49. The fraction of sp³-hybridized carbons (Fsp3) is 0.846. The van der Waals surface area contributed by atoms with E-state index in [1.807, 2.05) is 7.05 Å². The van der Waals surface area contributed by atoms with Crippen LogP contribution in [0.5, 0.6) is 0 Å². The molecule has 0 aliphatic carbocycles. The molecule has 110 valence electrons. The average Bonchev–Trinajstić information content (AvgIpc) is 2.74. The van der Waals surface area contributed by atoms with Crippen LogP contribution in [0.4, 0.5) is 0 Å². The number of nitrogens with one attached hydrogen (secondary N) is 1. The van der Waals surface area contributed by atoms with Crippen molar-refractivity contribution in [3.63, 3.8) is 0 Å². The molecule has 0 bridgehead atoms. The van der Waals surface area contributed by atoms with Crippen molar-refractivity contribution in [1.82, 2.24) is 20.1 Å². The lowest BCUT2D eigenvalue weighted by Crippen LogP contribution is -2.49. The van der Waals surface area contributed by atoms with E-state index in [1.165, 1.54) is 0 Å². The molecule has 0 amide bonds. The largest absolute Gasteiger partial charge is 0.394 e. The fourth-order valence-electron chi connectivity index (χ4n) is 2.09. The van der Waals surface area contributed by atoms with Crippen molar-refractivity contribution in [3.05, 3.63) is 6.33 Å². The van der Waals surface area contributed by atoms with Crippen LogP contribution >= 0.6 is 11.8 Å². The lowest BCUT2D eigenvalue weighted by Gasteiger charge is -2.31. The van der Waals surface area contributed by atoms with E-state index in [1.54, 1.807) is 22.8 Å². The summed E-state index contributed by atoms with van der Waals surface area (Å²) < 4.78 is 1.79. The highest BCUT2D eigenvalue weighted by molar-refractivity contribution is 7.99. The van der Waals surface area contributed by atoms with Crippen LogP contribution in [0.2, 0.25) is 0 Å². The van der Waals surface area contributed by atoms with E-state index in [0.717, 1.165) is 30.2 Å². The van der Waals surface area contributed by atoms with Crippen molar-refractivity contribution in [1.29, 1.82) is 0 Å². The second-order valence-electron chi connectivity index (χ2n) is 5.49. The molecule has 0 fully saturated rings. The zero-order valence-corrected chi connectivity index (χ0v) is 13.2. The molecule has 0 saturated carbocycles. The normalized spacial score (nSPS) is 14.8. The second kappa shape index (κ2) is 7.87. The first-order valence-corrected chi connectivity index (χ1v) is 7.81. The van der Waals surface area contributed by atoms with Gasteiger partial charge in [-0.15, -0.1) is 0 Å². The van der Waals surface area contributed by atoms with E-state index in [4.69, 9.17) is 0 Å². The van der Waals surface area contributed by atoms with Crippen LogP contribution in [-0.4, -0.2) is 43.8 Å². The van der Waals surface area contributed by atoms with Gasteiger partial charge in [-0.2, -0.15) is 5.10 Å². The third-order valence-electron chi connectivity index (χ3n) is 3.01. The number of unbranched alkanes of at least 4 members (excludes halogenated alkanes) is 1. The summed E-state index contributed by atoms with van der Waals surface area (Å²) in [5.74, 6) is 1.04. The molecule has 0 radical (unpaired) electrons. The molecular weight excluding hydrogens is 260 g/mol. The van der Waals surface area contributed by atoms with Crippen molar-refractivity contribution in [3.8, 4) is 0 Å². The van der Waals surface area contributed by atoms with Gasteiger partial charge in [0, 0.05) is 24.4 Å². The Hall–Kier alpha value is -0.590. The maximum atomic E-state index is 9.49. The standard InChI is InChI=1S/C13H26N4OS/c1-11(2)16-13(3,9-18)7-5-6-8-19-12-14-10-15-17(12)4/h10-11,16,18H,5-9H2,1-4H3. The third-order valence-corrected chi connectivity index (χ3v) is 4.13. The van der Waals surface area contributed by atoms with Gasteiger partial charge in [0.1, 0.15) is 6.33 Å². The Bertz CT molecular complexity index is 369. The van der Waals surface area contributed by atoms with Crippen molar-refractivity contribution >= 4 is 11.8 Å². The highest BCUT2D eigenvalue weighted by Crippen LogP contribution is 2.19. The molecule has 19 heavy (non-hydrogen) atoms. The van der Waals surface area contributed by atoms with Crippen LogP contribution < -0.4 is 5.32 Å². The van der Waals surface area contributed by atoms with Crippen LogP contribution in [0.3, 0.4) is 0 Å². The lowest BCUT2D eigenvalue weighted by molar-refractivity contribution is 0.154. The van der Waals surface area contributed by atoms with Crippen LogP contribution in [0, 0.1) is 0 Å². The second-order valence-corrected chi connectivity index (χ2v) is 6.55. The van der Waals surface area contributed by atoms with E-state index in [2.05, 4.69) is 36.2 Å². The van der Waals surface area contributed by atoms with E-state index >= 15 is 0 Å². The van der Waals surface area contributed by atoms with Crippen LogP contribution in [0.25, 0.3) is 0 Å². The molecule has 1 rings (SSSR count). The van der Waals surface area contributed by atoms with E-state index in [0.29, 0.717) is 6.04 Å². The highest BCUT2D eigenvalue weighted by Gasteiger charge is 2.22. The Kier molecular flexibility index (Phi) is 6.82. The van der Waals surface area contributed by atoms with Gasteiger partial charge in [0.15, 0.2) is 5.16 Å². The SMILES string of the molecule is CC(C)NC(C)(CO)CCCCSc1ncnn1C. The van der Waals surface area contributed by atoms with Gasteiger partial charge in [-0.05, 0) is 19.8 Å². The van der Waals surface area contributed by atoms with E-state index in [9.17, 15) is 5.11 Å². The number of hydrogen-bond donors (Lipinski definition) is 2. The number of hydrogen-bond acceptors (Lipinski definition) is 5. The smallest absolute Gasteiger partial charge is 0.185 e. The molecule has 0 saturated heterocycles. The molecule has 6 heteroatoms. The van der Waals surface area contributed by atoms with Gasteiger partial charge >= 0.3 is 0 Å². The molecule has 0 aliphatic heterocycles. The number of aryl methyl sites for hydroxylation is 1. The van der Waals surface area contributed by atoms with Gasteiger partial charge in [0.2, 0.25) is 0 Å². The summed E-state index contributed by atoms with van der Waals surface area (Å²) >= 11 is 1.73. The van der Waals surface area contributed by atoms with E-state index in [-0.39, 0.29) is 12.1 Å². The minimum Gasteiger partial charge on any atom is -0.394 e. The van der Waals surface area contributed by atoms with Gasteiger partial charge in [0.25, 0.3) is 0 Å². The zero-order valence-electron chi connectivity index (χ0n) is 12.4. The number of aromatic nitrogens is 3. The first-order chi connectivity index (χ1) is 8.97. The Morgan fingerprint density at radius 1 is 1.47 bits per heavy atom. The van der Waals surface area contributed by atoms with Gasteiger partial charge in [-0.3, -0.25) is 0 Å². The quantitative estimate of drug-likeness (QED) is 0.535. The molecule has 1 unspecified atom stereocenters. The minimum atomic E-state index is -0.163. The molecule has 0 aliphatic rings. The number of aliphatic hydroxyl groups is 1.